The Morgan fingerprint density at radius 2 is 1.74 bits per heavy atom. The van der Waals surface area contributed by atoms with Crippen LogP contribution in [0.15, 0.2) is 64.0 Å². The molecule has 1 aliphatic rings. The molecule has 2 aromatic heterocycles. The van der Waals surface area contributed by atoms with Gasteiger partial charge in [0.1, 0.15) is 23.0 Å². The average molecular weight is 555 g/mol. The van der Waals surface area contributed by atoms with Crippen LogP contribution in [0.3, 0.4) is 0 Å². The highest BCUT2D eigenvalue weighted by molar-refractivity contribution is 7.92. The SMILES string of the molecule is CC(C)CNc1nccc(-c2oc(N3CCCC3)nc2-c2cccc(NS(=O)(=O)c3c(F)cccc3F)c2)n1. The second-order valence-corrected chi connectivity index (χ2v) is 11.3. The second kappa shape index (κ2) is 11.0. The lowest BCUT2D eigenvalue weighted by atomic mass is 10.1. The summed E-state index contributed by atoms with van der Waals surface area (Å²) >= 11 is 0. The third kappa shape index (κ3) is 5.85. The average Bonchev–Trinajstić information content (AvgIpc) is 3.58. The normalized spacial score (nSPS) is 13.7. The van der Waals surface area contributed by atoms with Crippen LogP contribution in [0.5, 0.6) is 0 Å². The van der Waals surface area contributed by atoms with E-state index in [0.717, 1.165) is 44.1 Å². The Kier molecular flexibility index (Phi) is 7.47. The fourth-order valence-electron chi connectivity index (χ4n) is 4.26. The van der Waals surface area contributed by atoms with Gasteiger partial charge in [-0.05, 0) is 49.1 Å². The molecule has 1 aliphatic heterocycles. The number of rotatable bonds is 9. The molecule has 0 amide bonds. The monoisotopic (exact) mass is 554 g/mol. The summed E-state index contributed by atoms with van der Waals surface area (Å²) in [6, 6.07) is 11.4. The molecule has 0 spiro atoms. The molecule has 0 aliphatic carbocycles. The number of benzene rings is 2. The number of oxazole rings is 1. The highest BCUT2D eigenvalue weighted by Crippen LogP contribution is 2.37. The molecule has 204 valence electrons. The minimum Gasteiger partial charge on any atom is -0.421 e. The summed E-state index contributed by atoms with van der Waals surface area (Å²) < 4.78 is 62.6. The number of nitrogens with one attached hydrogen (secondary N) is 2. The fraction of sp³-hybridized carbons (Fsp3) is 0.296. The van der Waals surface area contributed by atoms with E-state index in [9.17, 15) is 17.2 Å². The first-order valence-electron chi connectivity index (χ1n) is 12.6. The topological polar surface area (TPSA) is 113 Å². The van der Waals surface area contributed by atoms with Gasteiger partial charge in [-0.15, -0.1) is 0 Å². The minimum absolute atomic E-state index is 0.105. The summed E-state index contributed by atoms with van der Waals surface area (Å²) in [6.45, 7) is 6.46. The van der Waals surface area contributed by atoms with Crippen molar-refractivity contribution in [1.82, 2.24) is 15.0 Å². The van der Waals surface area contributed by atoms with E-state index in [1.54, 1.807) is 24.4 Å². The van der Waals surface area contributed by atoms with Crippen molar-refractivity contribution in [3.05, 3.63) is 66.4 Å². The number of hydrogen-bond donors (Lipinski definition) is 2. The highest BCUT2D eigenvalue weighted by atomic mass is 32.2. The van der Waals surface area contributed by atoms with E-state index >= 15 is 0 Å². The van der Waals surface area contributed by atoms with Crippen molar-refractivity contribution in [3.8, 4) is 22.7 Å². The van der Waals surface area contributed by atoms with E-state index < -0.39 is 26.6 Å². The van der Waals surface area contributed by atoms with Crippen LogP contribution in [0, 0.1) is 17.6 Å². The Morgan fingerprint density at radius 3 is 2.46 bits per heavy atom. The Hall–Kier alpha value is -4.06. The van der Waals surface area contributed by atoms with E-state index in [1.165, 1.54) is 12.1 Å². The van der Waals surface area contributed by atoms with Gasteiger partial charge in [0.05, 0.1) is 0 Å². The molecule has 39 heavy (non-hydrogen) atoms. The van der Waals surface area contributed by atoms with Gasteiger partial charge in [-0.25, -0.2) is 27.2 Å². The van der Waals surface area contributed by atoms with Gasteiger partial charge in [0.15, 0.2) is 10.7 Å². The number of anilines is 3. The number of aromatic nitrogens is 3. The maximum atomic E-state index is 14.2. The van der Waals surface area contributed by atoms with Crippen molar-refractivity contribution < 1.29 is 21.6 Å². The van der Waals surface area contributed by atoms with E-state index in [1.807, 2.05) is 4.90 Å². The molecule has 0 atom stereocenters. The summed E-state index contributed by atoms with van der Waals surface area (Å²) in [5, 5.41) is 3.20. The quantitative estimate of drug-likeness (QED) is 0.277. The molecular weight excluding hydrogens is 526 g/mol. The zero-order valence-corrected chi connectivity index (χ0v) is 22.3. The van der Waals surface area contributed by atoms with Crippen LogP contribution >= 0.6 is 0 Å². The molecule has 12 heteroatoms. The first-order valence-corrected chi connectivity index (χ1v) is 14.1. The third-order valence-corrected chi connectivity index (χ3v) is 7.56. The van der Waals surface area contributed by atoms with Gasteiger partial charge in [0, 0.05) is 37.1 Å². The molecule has 3 heterocycles. The Bertz CT molecular complexity index is 1570. The van der Waals surface area contributed by atoms with Crippen LogP contribution in [0.4, 0.5) is 26.4 Å². The molecular formula is C27H28F2N6O3S. The molecule has 2 aromatic carbocycles. The number of halogens is 2. The van der Waals surface area contributed by atoms with Gasteiger partial charge < -0.3 is 14.6 Å². The van der Waals surface area contributed by atoms with Crippen LogP contribution in [0.2, 0.25) is 0 Å². The molecule has 0 unspecified atom stereocenters. The van der Waals surface area contributed by atoms with E-state index in [-0.39, 0.29) is 5.69 Å². The van der Waals surface area contributed by atoms with Crippen molar-refractivity contribution in [2.24, 2.45) is 5.92 Å². The van der Waals surface area contributed by atoms with Crippen LogP contribution in [-0.4, -0.2) is 43.0 Å². The van der Waals surface area contributed by atoms with E-state index in [4.69, 9.17) is 9.40 Å². The molecule has 1 saturated heterocycles. The molecule has 2 N–H and O–H groups in total. The largest absolute Gasteiger partial charge is 0.421 e. The first kappa shape index (κ1) is 26.5. The van der Waals surface area contributed by atoms with Crippen LogP contribution < -0.4 is 14.9 Å². The van der Waals surface area contributed by atoms with E-state index in [2.05, 4.69) is 33.9 Å². The number of hydrogen-bond acceptors (Lipinski definition) is 8. The predicted molar refractivity (Wildman–Crippen MR) is 145 cm³/mol. The predicted octanol–water partition coefficient (Wildman–Crippen LogP) is 5.55. The van der Waals surface area contributed by atoms with Gasteiger partial charge in [0.2, 0.25) is 5.95 Å². The lowest BCUT2D eigenvalue weighted by molar-refractivity contribution is 0.521. The van der Waals surface area contributed by atoms with Gasteiger partial charge in [-0.3, -0.25) is 4.72 Å². The highest BCUT2D eigenvalue weighted by Gasteiger charge is 2.26. The fourth-order valence-corrected chi connectivity index (χ4v) is 5.45. The molecule has 0 saturated carbocycles. The van der Waals surface area contributed by atoms with Crippen molar-refractivity contribution in [2.45, 2.75) is 31.6 Å². The Morgan fingerprint density at radius 1 is 1.03 bits per heavy atom. The maximum absolute atomic E-state index is 14.2. The molecule has 1 fully saturated rings. The van der Waals surface area contributed by atoms with E-state index in [0.29, 0.717) is 47.1 Å². The smallest absolute Gasteiger partial charge is 0.298 e. The van der Waals surface area contributed by atoms with Gasteiger partial charge in [0.25, 0.3) is 16.0 Å². The lowest BCUT2D eigenvalue weighted by Gasteiger charge is -2.11. The van der Waals surface area contributed by atoms with Crippen molar-refractivity contribution >= 4 is 27.7 Å². The molecule has 5 rings (SSSR count). The zero-order valence-electron chi connectivity index (χ0n) is 21.5. The lowest BCUT2D eigenvalue weighted by Crippen LogP contribution is -2.17. The summed E-state index contributed by atoms with van der Waals surface area (Å²) in [6.07, 6.45) is 3.67. The third-order valence-electron chi connectivity index (χ3n) is 6.12. The van der Waals surface area contributed by atoms with Crippen molar-refractivity contribution in [2.75, 3.05) is 34.6 Å². The summed E-state index contributed by atoms with van der Waals surface area (Å²) in [4.78, 5) is 14.6. The van der Waals surface area contributed by atoms with Gasteiger partial charge in [-0.2, -0.15) is 4.98 Å². The maximum Gasteiger partial charge on any atom is 0.298 e. The Labute approximate surface area is 225 Å². The number of nitrogens with zero attached hydrogens (tertiary/aromatic N) is 4. The standard InChI is InChI=1S/C27H28F2N6O3S/c1-17(2)16-31-26-30-12-11-22(32-26)24-23(33-27(38-24)35-13-3-4-14-35)18-7-5-8-19(15-18)34-39(36,37)25-20(28)9-6-10-21(25)29/h5-12,15,17,34H,3-4,13-14,16H2,1-2H3,(H,30,31,32). The zero-order chi connectivity index (χ0) is 27.6. The van der Waals surface area contributed by atoms with Crippen LogP contribution in [-0.2, 0) is 10.0 Å². The van der Waals surface area contributed by atoms with Crippen LogP contribution in [0.1, 0.15) is 26.7 Å². The molecule has 9 nitrogen and oxygen atoms in total. The minimum atomic E-state index is -4.54. The van der Waals surface area contributed by atoms with Gasteiger partial charge in [-0.1, -0.05) is 32.0 Å². The molecule has 4 aromatic rings. The van der Waals surface area contributed by atoms with Crippen molar-refractivity contribution in [1.29, 1.82) is 0 Å². The molecule has 0 radical (unpaired) electrons. The van der Waals surface area contributed by atoms with Crippen LogP contribution in [0.25, 0.3) is 22.7 Å². The van der Waals surface area contributed by atoms with Gasteiger partial charge >= 0.3 is 0 Å². The first-order chi connectivity index (χ1) is 18.7. The summed E-state index contributed by atoms with van der Waals surface area (Å²) in [7, 11) is -4.54. The summed E-state index contributed by atoms with van der Waals surface area (Å²) in [5.74, 6) is -1.13. The number of sulfonamides is 1. The molecule has 0 bridgehead atoms. The second-order valence-electron chi connectivity index (χ2n) is 9.65. The van der Waals surface area contributed by atoms with Crippen molar-refractivity contribution in [3.63, 3.8) is 0 Å². The summed E-state index contributed by atoms with van der Waals surface area (Å²) in [5.41, 5.74) is 1.59. The Balaban J connectivity index is 1.53.